The monoisotopic (exact) mass is 232 g/mol. The van der Waals surface area contributed by atoms with Gasteiger partial charge in [-0.1, -0.05) is 0 Å². The third-order valence-electron chi connectivity index (χ3n) is 2.32. The van der Waals surface area contributed by atoms with Crippen molar-refractivity contribution in [1.29, 1.82) is 0 Å². The van der Waals surface area contributed by atoms with Gasteiger partial charge in [0.05, 0.1) is 6.61 Å². The molecule has 16 heavy (non-hydrogen) atoms. The highest BCUT2D eigenvalue weighted by atomic mass is 16.6. The predicted octanol–water partition coefficient (Wildman–Crippen LogP) is -0.0791. The van der Waals surface area contributed by atoms with Gasteiger partial charge in [-0.3, -0.25) is 15.4 Å². The number of carbonyl (C=O) groups excluding carboxylic acids is 1. The summed E-state index contributed by atoms with van der Waals surface area (Å²) in [7, 11) is 0. The van der Waals surface area contributed by atoms with E-state index in [1.807, 2.05) is 0 Å². The standard InChI is InChI=1S/C9H16N2O5/c1-2-15-8(12)6-16-7-4-3-5-10-9(7)11(13)14/h7,9-10H,2-6H2,1H3. The lowest BCUT2D eigenvalue weighted by molar-refractivity contribution is -0.544. The first-order chi connectivity index (χ1) is 7.65. The lowest BCUT2D eigenvalue weighted by Gasteiger charge is -2.25. The number of nitrogens with one attached hydrogen (secondary N) is 1. The van der Waals surface area contributed by atoms with E-state index in [0.717, 1.165) is 6.42 Å². The fourth-order valence-electron chi connectivity index (χ4n) is 1.61. The molecule has 0 aromatic rings. The summed E-state index contributed by atoms with van der Waals surface area (Å²) in [5.74, 6) is -0.491. The lowest BCUT2D eigenvalue weighted by atomic mass is 10.1. The largest absolute Gasteiger partial charge is 0.464 e. The minimum absolute atomic E-state index is 0.232. The molecule has 0 saturated carbocycles. The second kappa shape index (κ2) is 6.39. The van der Waals surface area contributed by atoms with Crippen LogP contribution in [0.25, 0.3) is 0 Å². The van der Waals surface area contributed by atoms with E-state index < -0.39 is 23.2 Å². The lowest BCUT2D eigenvalue weighted by Crippen LogP contribution is -2.51. The number of rotatable bonds is 5. The van der Waals surface area contributed by atoms with E-state index in [9.17, 15) is 14.9 Å². The minimum atomic E-state index is -0.928. The molecule has 1 fully saturated rings. The van der Waals surface area contributed by atoms with Crippen LogP contribution < -0.4 is 5.32 Å². The second-order valence-electron chi connectivity index (χ2n) is 3.48. The van der Waals surface area contributed by atoms with Crippen LogP contribution in [0.5, 0.6) is 0 Å². The van der Waals surface area contributed by atoms with Gasteiger partial charge in [0.2, 0.25) is 0 Å². The number of piperidine rings is 1. The highest BCUT2D eigenvalue weighted by Crippen LogP contribution is 2.13. The van der Waals surface area contributed by atoms with E-state index in [2.05, 4.69) is 10.1 Å². The maximum Gasteiger partial charge on any atom is 0.332 e. The molecular formula is C9H16N2O5. The molecule has 0 radical (unpaired) electrons. The summed E-state index contributed by atoms with van der Waals surface area (Å²) in [6, 6.07) is 0. The van der Waals surface area contributed by atoms with Gasteiger partial charge in [0.25, 0.3) is 6.17 Å². The zero-order valence-corrected chi connectivity index (χ0v) is 9.18. The Morgan fingerprint density at radius 1 is 1.62 bits per heavy atom. The fraction of sp³-hybridized carbons (Fsp3) is 0.889. The molecule has 7 heteroatoms. The first-order valence-electron chi connectivity index (χ1n) is 5.29. The molecule has 0 amide bonds. The quantitative estimate of drug-likeness (QED) is 0.405. The molecule has 1 aliphatic rings. The molecule has 0 spiro atoms. The van der Waals surface area contributed by atoms with E-state index in [4.69, 9.17) is 4.74 Å². The van der Waals surface area contributed by atoms with Gasteiger partial charge in [-0.25, -0.2) is 4.79 Å². The number of hydrogen-bond donors (Lipinski definition) is 1. The molecule has 1 rings (SSSR count). The zero-order valence-electron chi connectivity index (χ0n) is 9.18. The molecule has 1 saturated heterocycles. The number of hydrogen-bond acceptors (Lipinski definition) is 6. The maximum absolute atomic E-state index is 11.0. The first-order valence-corrected chi connectivity index (χ1v) is 5.29. The maximum atomic E-state index is 11.0. The van der Waals surface area contributed by atoms with Crippen LogP contribution in [-0.2, 0) is 14.3 Å². The molecular weight excluding hydrogens is 216 g/mol. The zero-order chi connectivity index (χ0) is 12.0. The summed E-state index contributed by atoms with van der Waals surface area (Å²) in [6.07, 6.45) is -0.105. The van der Waals surface area contributed by atoms with E-state index in [1.54, 1.807) is 6.92 Å². The van der Waals surface area contributed by atoms with Crippen LogP contribution in [0.2, 0.25) is 0 Å². The van der Waals surface area contributed by atoms with Crippen LogP contribution in [0, 0.1) is 10.1 Å². The molecule has 2 unspecified atom stereocenters. The highest BCUT2D eigenvalue weighted by Gasteiger charge is 2.34. The van der Waals surface area contributed by atoms with Crippen LogP contribution in [0.15, 0.2) is 0 Å². The molecule has 92 valence electrons. The third kappa shape index (κ3) is 3.74. The summed E-state index contributed by atoms with van der Waals surface area (Å²) >= 11 is 0. The Labute approximate surface area is 93.2 Å². The van der Waals surface area contributed by atoms with E-state index in [0.29, 0.717) is 13.0 Å². The van der Waals surface area contributed by atoms with Gasteiger partial charge in [-0.15, -0.1) is 0 Å². The molecule has 0 aromatic heterocycles. The van der Waals surface area contributed by atoms with Crippen molar-refractivity contribution in [2.75, 3.05) is 19.8 Å². The molecule has 0 aromatic carbocycles. The van der Waals surface area contributed by atoms with Gasteiger partial charge in [-0.05, 0) is 19.8 Å². The molecule has 0 aliphatic carbocycles. The summed E-state index contributed by atoms with van der Waals surface area (Å²) in [4.78, 5) is 21.3. The third-order valence-corrected chi connectivity index (χ3v) is 2.32. The molecule has 1 N–H and O–H groups in total. The average Bonchev–Trinajstić information content (AvgIpc) is 2.27. The van der Waals surface area contributed by atoms with Crippen molar-refractivity contribution in [2.24, 2.45) is 0 Å². The number of ether oxygens (including phenoxy) is 2. The molecule has 7 nitrogen and oxygen atoms in total. The number of nitro groups is 1. The Kier molecular flexibility index (Phi) is 5.13. The van der Waals surface area contributed by atoms with Gasteiger partial charge >= 0.3 is 5.97 Å². The topological polar surface area (TPSA) is 90.7 Å². The van der Waals surface area contributed by atoms with Gasteiger partial charge in [0.15, 0.2) is 0 Å². The number of nitrogens with zero attached hydrogens (tertiary/aromatic N) is 1. The van der Waals surface area contributed by atoms with Crippen molar-refractivity contribution in [3.05, 3.63) is 10.1 Å². The SMILES string of the molecule is CCOC(=O)COC1CCCNC1[N+](=O)[O-]. The van der Waals surface area contributed by atoms with Crippen molar-refractivity contribution < 1.29 is 19.2 Å². The van der Waals surface area contributed by atoms with Crippen molar-refractivity contribution >= 4 is 5.97 Å². The number of esters is 1. The Bertz CT molecular complexity index is 258. The van der Waals surface area contributed by atoms with Gasteiger partial charge in [0, 0.05) is 11.5 Å². The summed E-state index contributed by atoms with van der Waals surface area (Å²) < 4.78 is 9.87. The Hall–Kier alpha value is -1.21. The first kappa shape index (κ1) is 12.9. The van der Waals surface area contributed by atoms with Crippen LogP contribution in [0.4, 0.5) is 0 Å². The van der Waals surface area contributed by atoms with Gasteiger partial charge < -0.3 is 9.47 Å². The summed E-state index contributed by atoms with van der Waals surface area (Å²) in [6.45, 7) is 2.35. The summed E-state index contributed by atoms with van der Waals surface area (Å²) in [5, 5.41) is 13.4. The van der Waals surface area contributed by atoms with Gasteiger partial charge in [-0.2, -0.15) is 0 Å². The Morgan fingerprint density at radius 3 is 3.00 bits per heavy atom. The van der Waals surface area contributed by atoms with E-state index in [1.165, 1.54) is 0 Å². The fourth-order valence-corrected chi connectivity index (χ4v) is 1.61. The molecule has 1 aliphatic heterocycles. The van der Waals surface area contributed by atoms with Crippen molar-refractivity contribution in [1.82, 2.24) is 5.32 Å². The van der Waals surface area contributed by atoms with Crippen molar-refractivity contribution in [2.45, 2.75) is 32.0 Å². The predicted molar refractivity (Wildman–Crippen MR) is 54.4 cm³/mol. The normalized spacial score (nSPS) is 25.1. The van der Waals surface area contributed by atoms with Crippen LogP contribution in [0.3, 0.4) is 0 Å². The Balaban J connectivity index is 2.38. The van der Waals surface area contributed by atoms with E-state index in [-0.39, 0.29) is 13.2 Å². The molecule has 1 heterocycles. The van der Waals surface area contributed by atoms with Crippen molar-refractivity contribution in [3.8, 4) is 0 Å². The minimum Gasteiger partial charge on any atom is -0.464 e. The number of carbonyl (C=O) groups is 1. The summed E-state index contributed by atoms with van der Waals surface area (Å²) in [5.41, 5.74) is 0. The highest BCUT2D eigenvalue weighted by molar-refractivity contribution is 5.70. The smallest absolute Gasteiger partial charge is 0.332 e. The van der Waals surface area contributed by atoms with Crippen LogP contribution in [-0.4, -0.2) is 42.9 Å². The average molecular weight is 232 g/mol. The van der Waals surface area contributed by atoms with Crippen LogP contribution >= 0.6 is 0 Å². The van der Waals surface area contributed by atoms with E-state index >= 15 is 0 Å². The van der Waals surface area contributed by atoms with Crippen molar-refractivity contribution in [3.63, 3.8) is 0 Å². The molecule has 0 bridgehead atoms. The second-order valence-corrected chi connectivity index (χ2v) is 3.48. The van der Waals surface area contributed by atoms with Gasteiger partial charge in [0.1, 0.15) is 12.7 Å². The van der Waals surface area contributed by atoms with Crippen LogP contribution in [0.1, 0.15) is 19.8 Å². The molecule has 2 atom stereocenters. The Morgan fingerprint density at radius 2 is 2.38 bits per heavy atom.